The molecule has 0 bridgehead atoms. The van der Waals surface area contributed by atoms with Gasteiger partial charge in [0.05, 0.1) is 13.7 Å². The summed E-state index contributed by atoms with van der Waals surface area (Å²) in [6, 6.07) is 9.83. The van der Waals surface area contributed by atoms with Crippen LogP contribution in [0.2, 0.25) is 0 Å². The van der Waals surface area contributed by atoms with E-state index in [1.807, 2.05) is 0 Å². The third-order valence-electron chi connectivity index (χ3n) is 6.63. The van der Waals surface area contributed by atoms with Gasteiger partial charge in [0.25, 0.3) is 0 Å². The second-order valence-corrected chi connectivity index (χ2v) is 9.19. The number of halogens is 3. The highest BCUT2D eigenvalue weighted by Crippen LogP contribution is 2.40. The van der Waals surface area contributed by atoms with Crippen LogP contribution in [0.4, 0.5) is 13.2 Å². The van der Waals surface area contributed by atoms with Gasteiger partial charge in [-0.25, -0.2) is 0 Å². The van der Waals surface area contributed by atoms with E-state index in [9.17, 15) is 22.8 Å². The molecule has 0 aliphatic carbocycles. The SMILES string of the molecule is COc1ccc(Oc2ccc(CNC(=O)C3(NC(=O)C4CCNCC4)CCOC3)cc2)c(C(F)(F)F)c1. The summed E-state index contributed by atoms with van der Waals surface area (Å²) in [6.07, 6.45) is -2.79. The van der Waals surface area contributed by atoms with E-state index in [0.29, 0.717) is 18.6 Å². The molecule has 0 saturated carbocycles. The molecule has 0 radical (unpaired) electrons. The lowest BCUT2D eigenvalue weighted by molar-refractivity contribution is -0.138. The number of amides is 2. The highest BCUT2D eigenvalue weighted by atomic mass is 19.4. The Morgan fingerprint density at radius 3 is 2.43 bits per heavy atom. The summed E-state index contributed by atoms with van der Waals surface area (Å²) in [4.78, 5) is 25.9. The number of carbonyl (C=O) groups excluding carboxylic acids is 2. The van der Waals surface area contributed by atoms with Crippen molar-refractivity contribution in [2.75, 3.05) is 33.4 Å². The number of nitrogens with one attached hydrogen (secondary N) is 3. The van der Waals surface area contributed by atoms with Gasteiger partial charge in [0.15, 0.2) is 0 Å². The Hall–Kier alpha value is -3.31. The van der Waals surface area contributed by atoms with Crippen LogP contribution >= 0.6 is 0 Å². The van der Waals surface area contributed by atoms with E-state index in [0.717, 1.165) is 32.0 Å². The molecule has 1 unspecified atom stereocenters. The smallest absolute Gasteiger partial charge is 0.420 e. The summed E-state index contributed by atoms with van der Waals surface area (Å²) in [7, 11) is 1.29. The first-order chi connectivity index (χ1) is 17.7. The van der Waals surface area contributed by atoms with Crippen molar-refractivity contribution in [2.24, 2.45) is 5.92 Å². The van der Waals surface area contributed by atoms with E-state index in [2.05, 4.69) is 16.0 Å². The Morgan fingerprint density at radius 1 is 1.11 bits per heavy atom. The number of piperidine rings is 1. The van der Waals surface area contributed by atoms with Gasteiger partial charge in [-0.1, -0.05) is 12.1 Å². The van der Waals surface area contributed by atoms with E-state index in [1.165, 1.54) is 31.4 Å². The van der Waals surface area contributed by atoms with Crippen LogP contribution in [0.1, 0.15) is 30.4 Å². The maximum atomic E-state index is 13.4. The quantitative estimate of drug-likeness (QED) is 0.493. The monoisotopic (exact) mass is 521 g/mol. The Morgan fingerprint density at radius 2 is 1.81 bits per heavy atom. The second kappa shape index (κ2) is 11.4. The number of rotatable bonds is 8. The van der Waals surface area contributed by atoms with Gasteiger partial charge in [-0.3, -0.25) is 9.59 Å². The first kappa shape index (κ1) is 26.7. The van der Waals surface area contributed by atoms with Crippen molar-refractivity contribution in [3.63, 3.8) is 0 Å². The van der Waals surface area contributed by atoms with Crippen LogP contribution in [-0.4, -0.2) is 50.8 Å². The molecule has 3 N–H and O–H groups in total. The molecule has 200 valence electrons. The molecular weight excluding hydrogens is 491 g/mol. The number of alkyl halides is 3. The lowest BCUT2D eigenvalue weighted by Gasteiger charge is -2.31. The molecular formula is C26H30F3N3O5. The van der Waals surface area contributed by atoms with E-state index < -0.39 is 17.3 Å². The van der Waals surface area contributed by atoms with Gasteiger partial charge < -0.3 is 30.2 Å². The normalized spacial score (nSPS) is 20.3. The Bertz CT molecular complexity index is 1100. The van der Waals surface area contributed by atoms with Gasteiger partial charge >= 0.3 is 6.18 Å². The number of ether oxygens (including phenoxy) is 3. The van der Waals surface area contributed by atoms with Crippen molar-refractivity contribution in [3.8, 4) is 17.2 Å². The number of carbonyl (C=O) groups is 2. The Kier molecular flexibility index (Phi) is 8.23. The minimum absolute atomic E-state index is 0.0723. The average molecular weight is 522 g/mol. The van der Waals surface area contributed by atoms with Crippen LogP contribution in [0.3, 0.4) is 0 Å². The summed E-state index contributed by atoms with van der Waals surface area (Å²) in [6.45, 7) is 2.18. The topological polar surface area (TPSA) is 97.9 Å². The zero-order chi connectivity index (χ0) is 26.5. The fourth-order valence-electron chi connectivity index (χ4n) is 4.42. The van der Waals surface area contributed by atoms with Crippen molar-refractivity contribution < 1.29 is 37.0 Å². The number of methoxy groups -OCH3 is 1. The van der Waals surface area contributed by atoms with Gasteiger partial charge in [-0.15, -0.1) is 0 Å². The van der Waals surface area contributed by atoms with Crippen LogP contribution in [0, 0.1) is 5.92 Å². The first-order valence-corrected chi connectivity index (χ1v) is 12.1. The summed E-state index contributed by atoms with van der Waals surface area (Å²) in [5.41, 5.74) is -1.35. The molecule has 2 aromatic rings. The van der Waals surface area contributed by atoms with Gasteiger partial charge in [0, 0.05) is 25.5 Å². The summed E-state index contributed by atoms with van der Waals surface area (Å²) in [5, 5.41) is 9.00. The number of hydrogen-bond acceptors (Lipinski definition) is 6. The highest BCUT2D eigenvalue weighted by Gasteiger charge is 2.44. The van der Waals surface area contributed by atoms with E-state index in [4.69, 9.17) is 14.2 Å². The van der Waals surface area contributed by atoms with Gasteiger partial charge in [0.1, 0.15) is 28.4 Å². The average Bonchev–Trinajstić information content (AvgIpc) is 3.38. The van der Waals surface area contributed by atoms with Crippen molar-refractivity contribution in [1.29, 1.82) is 0 Å². The highest BCUT2D eigenvalue weighted by molar-refractivity contribution is 5.92. The summed E-state index contributed by atoms with van der Waals surface area (Å²) >= 11 is 0. The Balaban J connectivity index is 1.37. The molecule has 11 heteroatoms. The third-order valence-corrected chi connectivity index (χ3v) is 6.63. The minimum atomic E-state index is -4.61. The molecule has 2 aliphatic heterocycles. The summed E-state index contributed by atoms with van der Waals surface area (Å²) < 4.78 is 56.1. The predicted octanol–water partition coefficient (Wildman–Crippen LogP) is 3.40. The molecule has 8 nitrogen and oxygen atoms in total. The lowest BCUT2D eigenvalue weighted by atomic mass is 9.92. The van der Waals surface area contributed by atoms with Crippen molar-refractivity contribution in [2.45, 2.75) is 37.5 Å². The third kappa shape index (κ3) is 6.53. The second-order valence-electron chi connectivity index (χ2n) is 9.19. The molecule has 37 heavy (non-hydrogen) atoms. The van der Waals surface area contributed by atoms with Crippen LogP contribution < -0.4 is 25.4 Å². The maximum Gasteiger partial charge on any atom is 0.420 e. The molecule has 0 aromatic heterocycles. The molecule has 2 heterocycles. The first-order valence-electron chi connectivity index (χ1n) is 12.1. The Labute approximate surface area is 212 Å². The maximum absolute atomic E-state index is 13.4. The fourth-order valence-corrected chi connectivity index (χ4v) is 4.42. The van der Waals surface area contributed by atoms with Crippen LogP contribution in [0.25, 0.3) is 0 Å². The molecule has 1 atom stereocenters. The fraction of sp³-hybridized carbons (Fsp3) is 0.462. The van der Waals surface area contributed by atoms with E-state index >= 15 is 0 Å². The molecule has 2 aromatic carbocycles. The zero-order valence-corrected chi connectivity index (χ0v) is 20.5. The standard InChI is InChI=1S/C26H30F3N3O5/c1-35-20-6-7-22(21(14-20)26(27,28)29)37-19-4-2-17(3-5-19)15-31-24(34)25(10-13-36-16-25)32-23(33)18-8-11-30-12-9-18/h2-7,14,18,30H,8-13,15-16H2,1H3,(H,31,34)(H,32,33). The van der Waals surface area contributed by atoms with Crippen LogP contribution in [0.5, 0.6) is 17.2 Å². The van der Waals surface area contributed by atoms with Gasteiger partial charge in [-0.2, -0.15) is 13.2 Å². The molecule has 2 saturated heterocycles. The van der Waals surface area contributed by atoms with E-state index in [1.54, 1.807) is 12.1 Å². The van der Waals surface area contributed by atoms with Crippen LogP contribution in [0.15, 0.2) is 42.5 Å². The number of hydrogen-bond donors (Lipinski definition) is 3. The largest absolute Gasteiger partial charge is 0.497 e. The van der Waals surface area contributed by atoms with Crippen molar-refractivity contribution >= 4 is 11.8 Å². The molecule has 0 spiro atoms. The molecule has 4 rings (SSSR count). The van der Waals surface area contributed by atoms with Crippen molar-refractivity contribution in [3.05, 3.63) is 53.6 Å². The van der Waals surface area contributed by atoms with Crippen molar-refractivity contribution in [1.82, 2.24) is 16.0 Å². The summed E-state index contributed by atoms with van der Waals surface area (Å²) in [5.74, 6) is -0.672. The zero-order valence-electron chi connectivity index (χ0n) is 20.5. The van der Waals surface area contributed by atoms with Gasteiger partial charge in [-0.05, 0) is 61.8 Å². The lowest BCUT2D eigenvalue weighted by Crippen LogP contribution is -2.60. The number of benzene rings is 2. The van der Waals surface area contributed by atoms with Crippen LogP contribution in [-0.2, 0) is 27.0 Å². The minimum Gasteiger partial charge on any atom is -0.497 e. The molecule has 2 fully saturated rings. The molecule has 2 amide bonds. The predicted molar refractivity (Wildman–Crippen MR) is 128 cm³/mol. The van der Waals surface area contributed by atoms with E-state index in [-0.39, 0.29) is 48.1 Å². The van der Waals surface area contributed by atoms with Gasteiger partial charge in [0.2, 0.25) is 11.8 Å². The molecule has 2 aliphatic rings.